The Balaban J connectivity index is 1.77. The first-order chi connectivity index (χ1) is 18.8. The molecule has 1 heterocycles. The standard InChI is InChI=1S/C31H34N2O6/c1-5-32(6-2)16-7-17-33-27(20-8-10-21(11-9-20)31(37)39-4)26(29(35)30(33)36)28(34)24-13-12-23-19-25(38-3)15-14-22(23)18-24/h8-15,18-19,27,34H,5-7,16-17H2,1-4H3/b28-26+. The van der Waals surface area contributed by atoms with Crippen molar-refractivity contribution in [2.75, 3.05) is 40.4 Å². The number of nitrogens with zero attached hydrogens (tertiary/aromatic N) is 2. The van der Waals surface area contributed by atoms with Crippen molar-refractivity contribution in [3.05, 3.63) is 82.9 Å². The van der Waals surface area contributed by atoms with Crippen LogP contribution in [0.15, 0.2) is 66.2 Å². The molecule has 3 aromatic carbocycles. The number of Topliss-reactive ketones (excluding diaryl/α,β-unsaturated/α-hetero) is 1. The number of methoxy groups -OCH3 is 2. The molecular formula is C31H34N2O6. The monoisotopic (exact) mass is 530 g/mol. The number of hydrogen-bond donors (Lipinski definition) is 1. The average Bonchev–Trinajstić information content (AvgIpc) is 3.23. The summed E-state index contributed by atoms with van der Waals surface area (Å²) in [7, 11) is 2.90. The van der Waals surface area contributed by atoms with Crippen molar-refractivity contribution in [1.82, 2.24) is 9.80 Å². The van der Waals surface area contributed by atoms with Crippen LogP contribution in [0.3, 0.4) is 0 Å². The van der Waals surface area contributed by atoms with Crippen LogP contribution in [0.25, 0.3) is 16.5 Å². The fourth-order valence-corrected chi connectivity index (χ4v) is 5.03. The van der Waals surface area contributed by atoms with Crippen LogP contribution in [-0.2, 0) is 14.3 Å². The van der Waals surface area contributed by atoms with Crippen LogP contribution in [0.4, 0.5) is 0 Å². The van der Waals surface area contributed by atoms with E-state index in [0.717, 1.165) is 30.4 Å². The minimum atomic E-state index is -0.792. The molecule has 0 aromatic heterocycles. The lowest BCUT2D eigenvalue weighted by Crippen LogP contribution is -2.33. The highest BCUT2D eigenvalue weighted by Gasteiger charge is 2.45. The molecule has 0 aliphatic carbocycles. The first-order valence-electron chi connectivity index (χ1n) is 13.1. The zero-order valence-corrected chi connectivity index (χ0v) is 22.8. The van der Waals surface area contributed by atoms with Gasteiger partial charge in [-0.25, -0.2) is 4.79 Å². The Hall–Kier alpha value is -4.17. The number of ether oxygens (including phenoxy) is 2. The molecule has 3 aromatic rings. The molecule has 8 nitrogen and oxygen atoms in total. The molecule has 1 fully saturated rings. The normalized spacial score (nSPS) is 16.7. The Morgan fingerprint density at radius 2 is 1.56 bits per heavy atom. The molecule has 0 saturated carbocycles. The number of aliphatic hydroxyl groups is 1. The molecule has 1 atom stereocenters. The first-order valence-corrected chi connectivity index (χ1v) is 13.1. The molecule has 0 radical (unpaired) electrons. The van der Waals surface area contributed by atoms with Crippen LogP contribution in [0.1, 0.15) is 47.8 Å². The molecule has 1 unspecified atom stereocenters. The number of esters is 1. The van der Waals surface area contributed by atoms with Gasteiger partial charge in [-0.1, -0.05) is 44.2 Å². The highest BCUT2D eigenvalue weighted by molar-refractivity contribution is 6.46. The highest BCUT2D eigenvalue weighted by Crippen LogP contribution is 2.40. The lowest BCUT2D eigenvalue weighted by Gasteiger charge is -2.27. The third-order valence-corrected chi connectivity index (χ3v) is 7.28. The predicted molar refractivity (Wildman–Crippen MR) is 150 cm³/mol. The average molecular weight is 531 g/mol. The zero-order chi connectivity index (χ0) is 28.1. The summed E-state index contributed by atoms with van der Waals surface area (Å²) in [6.07, 6.45) is 0.670. The van der Waals surface area contributed by atoms with Crippen LogP contribution in [-0.4, -0.2) is 73.0 Å². The number of likely N-dealkylation sites (tertiary alicyclic amines) is 1. The number of rotatable bonds is 10. The Morgan fingerprint density at radius 3 is 2.21 bits per heavy atom. The van der Waals surface area contributed by atoms with Gasteiger partial charge in [0, 0.05) is 12.1 Å². The van der Waals surface area contributed by atoms with Crippen molar-refractivity contribution < 1.29 is 29.0 Å². The summed E-state index contributed by atoms with van der Waals surface area (Å²) >= 11 is 0. The molecule has 1 aliphatic heterocycles. The lowest BCUT2D eigenvalue weighted by molar-refractivity contribution is -0.140. The molecule has 1 aliphatic rings. The second kappa shape index (κ2) is 12.1. The van der Waals surface area contributed by atoms with Crippen molar-refractivity contribution in [3.63, 3.8) is 0 Å². The molecular weight excluding hydrogens is 496 g/mol. The maximum absolute atomic E-state index is 13.4. The molecule has 1 N–H and O–H groups in total. The van der Waals surface area contributed by atoms with Gasteiger partial charge in [-0.05, 0) is 72.7 Å². The van der Waals surface area contributed by atoms with Gasteiger partial charge in [-0.3, -0.25) is 9.59 Å². The third-order valence-electron chi connectivity index (χ3n) is 7.28. The van der Waals surface area contributed by atoms with E-state index >= 15 is 0 Å². The number of hydrogen-bond acceptors (Lipinski definition) is 7. The largest absolute Gasteiger partial charge is 0.507 e. The summed E-state index contributed by atoms with van der Waals surface area (Å²) < 4.78 is 10.1. The van der Waals surface area contributed by atoms with Crippen LogP contribution >= 0.6 is 0 Å². The second-order valence-electron chi connectivity index (χ2n) is 9.41. The fraction of sp³-hybridized carbons (Fsp3) is 0.323. The molecule has 8 heteroatoms. The lowest BCUT2D eigenvalue weighted by atomic mass is 9.94. The Morgan fingerprint density at radius 1 is 0.923 bits per heavy atom. The Labute approximate surface area is 228 Å². The van der Waals surface area contributed by atoms with Gasteiger partial charge < -0.3 is 24.4 Å². The highest BCUT2D eigenvalue weighted by atomic mass is 16.5. The minimum Gasteiger partial charge on any atom is -0.507 e. The smallest absolute Gasteiger partial charge is 0.337 e. The summed E-state index contributed by atoms with van der Waals surface area (Å²) in [6, 6.07) is 16.7. The molecule has 39 heavy (non-hydrogen) atoms. The number of carbonyl (C=O) groups excluding carboxylic acids is 3. The van der Waals surface area contributed by atoms with Gasteiger partial charge in [0.1, 0.15) is 11.5 Å². The van der Waals surface area contributed by atoms with Crippen molar-refractivity contribution >= 4 is 34.2 Å². The number of aliphatic hydroxyl groups excluding tert-OH is 1. The number of benzene rings is 3. The zero-order valence-electron chi connectivity index (χ0n) is 22.8. The minimum absolute atomic E-state index is 0.0292. The quantitative estimate of drug-likeness (QED) is 0.174. The summed E-state index contributed by atoms with van der Waals surface area (Å²) in [5.74, 6) is -1.39. The molecule has 1 amide bonds. The Kier molecular flexibility index (Phi) is 8.66. The Bertz CT molecular complexity index is 1410. The molecule has 0 spiro atoms. The van der Waals surface area contributed by atoms with E-state index in [4.69, 9.17) is 9.47 Å². The van der Waals surface area contributed by atoms with E-state index < -0.39 is 23.7 Å². The molecule has 4 rings (SSSR count). The van der Waals surface area contributed by atoms with E-state index in [9.17, 15) is 19.5 Å². The summed E-state index contributed by atoms with van der Waals surface area (Å²) in [5.41, 5.74) is 1.44. The fourth-order valence-electron chi connectivity index (χ4n) is 5.03. The maximum Gasteiger partial charge on any atom is 0.337 e. The van der Waals surface area contributed by atoms with Crippen molar-refractivity contribution in [2.24, 2.45) is 0 Å². The van der Waals surface area contributed by atoms with Crippen molar-refractivity contribution in [1.29, 1.82) is 0 Å². The number of fused-ring (bicyclic) bond motifs is 1. The van der Waals surface area contributed by atoms with Crippen molar-refractivity contribution in [2.45, 2.75) is 26.3 Å². The van der Waals surface area contributed by atoms with E-state index in [2.05, 4.69) is 18.7 Å². The van der Waals surface area contributed by atoms with Gasteiger partial charge in [0.15, 0.2) is 0 Å². The van der Waals surface area contributed by atoms with Crippen LogP contribution in [0, 0.1) is 0 Å². The van der Waals surface area contributed by atoms with Gasteiger partial charge in [-0.15, -0.1) is 0 Å². The summed E-state index contributed by atoms with van der Waals surface area (Å²) in [4.78, 5) is 42.4. The van der Waals surface area contributed by atoms with Crippen LogP contribution in [0.5, 0.6) is 5.75 Å². The maximum atomic E-state index is 13.4. The third kappa shape index (κ3) is 5.66. The topological polar surface area (TPSA) is 96.4 Å². The van der Waals surface area contributed by atoms with Gasteiger partial charge in [-0.2, -0.15) is 0 Å². The van der Waals surface area contributed by atoms with E-state index in [0.29, 0.717) is 35.4 Å². The predicted octanol–water partition coefficient (Wildman–Crippen LogP) is 4.79. The van der Waals surface area contributed by atoms with Crippen LogP contribution in [0.2, 0.25) is 0 Å². The molecule has 204 valence electrons. The van der Waals surface area contributed by atoms with E-state index in [-0.39, 0.29) is 11.3 Å². The molecule has 0 bridgehead atoms. The van der Waals surface area contributed by atoms with E-state index in [1.807, 2.05) is 24.3 Å². The first kappa shape index (κ1) is 27.9. The summed E-state index contributed by atoms with van der Waals surface area (Å²) in [5, 5.41) is 13.2. The number of amides is 1. The second-order valence-corrected chi connectivity index (χ2v) is 9.41. The van der Waals surface area contributed by atoms with Gasteiger partial charge >= 0.3 is 5.97 Å². The van der Waals surface area contributed by atoms with Crippen LogP contribution < -0.4 is 4.74 Å². The molecule has 1 saturated heterocycles. The number of carbonyl (C=O) groups is 3. The SMILES string of the molecule is CCN(CC)CCCN1C(=O)C(=O)/C(=C(/O)c2ccc3cc(OC)ccc3c2)C1c1ccc(C(=O)OC)cc1. The van der Waals surface area contributed by atoms with E-state index in [1.54, 1.807) is 43.5 Å². The summed E-state index contributed by atoms with van der Waals surface area (Å²) in [6.45, 7) is 7.07. The van der Waals surface area contributed by atoms with Gasteiger partial charge in [0.25, 0.3) is 11.7 Å². The number of ketones is 1. The van der Waals surface area contributed by atoms with E-state index in [1.165, 1.54) is 12.0 Å². The van der Waals surface area contributed by atoms with Gasteiger partial charge in [0.05, 0.1) is 31.4 Å². The van der Waals surface area contributed by atoms with Crippen molar-refractivity contribution in [3.8, 4) is 5.75 Å². The van der Waals surface area contributed by atoms with Gasteiger partial charge in [0.2, 0.25) is 0 Å².